The second kappa shape index (κ2) is 10.8. The SMILES string of the molecule is COCCNC(=O)CNC(=O)/C=C/c1cn(-c2ccccc2)nc1-c1ccc(F)cc1. The summed E-state index contributed by atoms with van der Waals surface area (Å²) in [5.74, 6) is -1.06. The van der Waals surface area contributed by atoms with Crippen molar-refractivity contribution in [2.75, 3.05) is 26.8 Å². The van der Waals surface area contributed by atoms with E-state index in [2.05, 4.69) is 15.7 Å². The molecule has 0 saturated carbocycles. The van der Waals surface area contributed by atoms with E-state index in [0.29, 0.717) is 30.0 Å². The van der Waals surface area contributed by atoms with Gasteiger partial charge in [-0.3, -0.25) is 9.59 Å². The summed E-state index contributed by atoms with van der Waals surface area (Å²) in [5.41, 5.74) is 2.84. The maximum Gasteiger partial charge on any atom is 0.244 e. The number of carbonyl (C=O) groups is 2. The summed E-state index contributed by atoms with van der Waals surface area (Å²) < 4.78 is 19.9. The van der Waals surface area contributed by atoms with Crippen molar-refractivity contribution < 1.29 is 18.7 Å². The first-order valence-electron chi connectivity index (χ1n) is 9.69. The van der Waals surface area contributed by atoms with Crippen molar-refractivity contribution in [1.82, 2.24) is 20.4 Å². The summed E-state index contributed by atoms with van der Waals surface area (Å²) in [6.07, 6.45) is 4.74. The first kappa shape index (κ1) is 21.9. The van der Waals surface area contributed by atoms with Crippen LogP contribution in [0.2, 0.25) is 0 Å². The normalized spacial score (nSPS) is 10.9. The van der Waals surface area contributed by atoms with E-state index in [1.165, 1.54) is 18.2 Å². The molecule has 0 saturated heterocycles. The van der Waals surface area contributed by atoms with Gasteiger partial charge in [-0.05, 0) is 42.5 Å². The Balaban J connectivity index is 1.76. The fraction of sp³-hybridized carbons (Fsp3) is 0.174. The van der Waals surface area contributed by atoms with E-state index in [-0.39, 0.29) is 18.3 Å². The molecule has 160 valence electrons. The van der Waals surface area contributed by atoms with Crippen LogP contribution >= 0.6 is 0 Å². The zero-order valence-electron chi connectivity index (χ0n) is 17.0. The maximum absolute atomic E-state index is 13.3. The lowest BCUT2D eigenvalue weighted by molar-refractivity contribution is -0.124. The lowest BCUT2D eigenvalue weighted by atomic mass is 10.1. The molecule has 1 aromatic heterocycles. The van der Waals surface area contributed by atoms with Crippen molar-refractivity contribution in [3.8, 4) is 16.9 Å². The van der Waals surface area contributed by atoms with Crippen LogP contribution < -0.4 is 10.6 Å². The summed E-state index contributed by atoms with van der Waals surface area (Å²) in [4.78, 5) is 23.8. The molecule has 2 aromatic carbocycles. The van der Waals surface area contributed by atoms with Crippen LogP contribution in [0.5, 0.6) is 0 Å². The summed E-state index contributed by atoms with van der Waals surface area (Å²) >= 11 is 0. The minimum absolute atomic E-state index is 0.138. The Kier molecular flexibility index (Phi) is 7.67. The number of hydrogen-bond donors (Lipinski definition) is 2. The second-order valence-electron chi connectivity index (χ2n) is 6.61. The van der Waals surface area contributed by atoms with E-state index < -0.39 is 5.91 Å². The van der Waals surface area contributed by atoms with Gasteiger partial charge in [0.25, 0.3) is 0 Å². The van der Waals surface area contributed by atoms with Gasteiger partial charge in [-0.25, -0.2) is 9.07 Å². The number of ether oxygens (including phenoxy) is 1. The maximum atomic E-state index is 13.3. The van der Waals surface area contributed by atoms with E-state index >= 15 is 0 Å². The van der Waals surface area contributed by atoms with Crippen molar-refractivity contribution in [2.45, 2.75) is 0 Å². The van der Waals surface area contributed by atoms with Crippen LogP contribution in [-0.2, 0) is 14.3 Å². The zero-order chi connectivity index (χ0) is 22.1. The van der Waals surface area contributed by atoms with Gasteiger partial charge in [0.2, 0.25) is 11.8 Å². The number of carbonyl (C=O) groups excluding carboxylic acids is 2. The number of nitrogens with zero attached hydrogens (tertiary/aromatic N) is 2. The second-order valence-corrected chi connectivity index (χ2v) is 6.61. The van der Waals surface area contributed by atoms with Gasteiger partial charge in [0.05, 0.1) is 24.5 Å². The molecule has 0 unspecified atom stereocenters. The highest BCUT2D eigenvalue weighted by atomic mass is 19.1. The molecule has 3 rings (SSSR count). The van der Waals surface area contributed by atoms with E-state index in [1.54, 1.807) is 36.2 Å². The quantitative estimate of drug-likeness (QED) is 0.410. The standard InChI is InChI=1S/C23H23FN4O3/c1-31-14-13-25-22(30)15-26-21(29)12-9-18-16-28(20-5-3-2-4-6-20)27-23(18)17-7-10-19(24)11-8-17/h2-12,16H,13-15H2,1H3,(H,25,30)(H,26,29)/b12-9+. The molecule has 0 bridgehead atoms. The van der Waals surface area contributed by atoms with Gasteiger partial charge in [-0.1, -0.05) is 18.2 Å². The summed E-state index contributed by atoms with van der Waals surface area (Å²) in [5, 5.41) is 9.76. The number of methoxy groups -OCH3 is 1. The topological polar surface area (TPSA) is 85.3 Å². The lowest BCUT2D eigenvalue weighted by Crippen LogP contribution is -2.37. The Morgan fingerprint density at radius 3 is 2.55 bits per heavy atom. The molecule has 3 aromatic rings. The van der Waals surface area contributed by atoms with E-state index in [4.69, 9.17) is 4.74 Å². The fourth-order valence-corrected chi connectivity index (χ4v) is 2.80. The third-order valence-corrected chi connectivity index (χ3v) is 4.35. The first-order chi connectivity index (χ1) is 15.1. The molecule has 7 nitrogen and oxygen atoms in total. The number of hydrogen-bond acceptors (Lipinski definition) is 4. The number of aromatic nitrogens is 2. The van der Waals surface area contributed by atoms with Crippen LogP contribution in [0, 0.1) is 5.82 Å². The highest BCUT2D eigenvalue weighted by molar-refractivity contribution is 5.95. The Labute approximate surface area is 179 Å². The monoisotopic (exact) mass is 422 g/mol. The predicted molar refractivity (Wildman–Crippen MR) is 116 cm³/mol. The Hall–Kier alpha value is -3.78. The van der Waals surface area contributed by atoms with Gasteiger partial charge in [-0.2, -0.15) is 5.10 Å². The summed E-state index contributed by atoms with van der Waals surface area (Å²) in [7, 11) is 1.54. The van der Waals surface area contributed by atoms with Crippen LogP contribution in [0.15, 0.2) is 66.9 Å². The minimum atomic E-state index is -0.417. The van der Waals surface area contributed by atoms with Crippen LogP contribution in [0.4, 0.5) is 4.39 Å². The lowest BCUT2D eigenvalue weighted by Gasteiger charge is -2.04. The average Bonchev–Trinajstić information content (AvgIpc) is 3.22. The predicted octanol–water partition coefficient (Wildman–Crippen LogP) is 2.57. The van der Waals surface area contributed by atoms with Crippen LogP contribution in [0.3, 0.4) is 0 Å². The zero-order valence-corrected chi connectivity index (χ0v) is 17.0. The van der Waals surface area contributed by atoms with E-state index in [9.17, 15) is 14.0 Å². The number of rotatable bonds is 9. The van der Waals surface area contributed by atoms with Crippen LogP contribution in [0.25, 0.3) is 23.0 Å². The van der Waals surface area contributed by atoms with Crippen molar-refractivity contribution in [2.24, 2.45) is 0 Å². The fourth-order valence-electron chi connectivity index (χ4n) is 2.80. The minimum Gasteiger partial charge on any atom is -0.383 e. The van der Waals surface area contributed by atoms with Gasteiger partial charge >= 0.3 is 0 Å². The number of benzene rings is 2. The number of amides is 2. The van der Waals surface area contributed by atoms with E-state index in [1.807, 2.05) is 30.3 Å². The average molecular weight is 422 g/mol. The first-order valence-corrected chi connectivity index (χ1v) is 9.69. The Bertz CT molecular complexity index is 1050. The molecule has 2 amide bonds. The van der Waals surface area contributed by atoms with Gasteiger partial charge in [-0.15, -0.1) is 0 Å². The molecule has 0 fully saturated rings. The highest BCUT2D eigenvalue weighted by Crippen LogP contribution is 2.25. The van der Waals surface area contributed by atoms with E-state index in [0.717, 1.165) is 5.69 Å². The molecule has 0 aliphatic rings. The van der Waals surface area contributed by atoms with Crippen LogP contribution in [0.1, 0.15) is 5.56 Å². The van der Waals surface area contributed by atoms with Crippen molar-refractivity contribution in [3.05, 3.63) is 78.3 Å². The Morgan fingerprint density at radius 1 is 1.10 bits per heavy atom. The molecule has 0 radical (unpaired) electrons. The molecule has 31 heavy (non-hydrogen) atoms. The molecule has 0 spiro atoms. The molecule has 2 N–H and O–H groups in total. The largest absolute Gasteiger partial charge is 0.383 e. The third-order valence-electron chi connectivity index (χ3n) is 4.35. The molecule has 0 aliphatic carbocycles. The summed E-state index contributed by atoms with van der Waals surface area (Å²) in [6.45, 7) is 0.638. The Morgan fingerprint density at radius 2 is 1.84 bits per heavy atom. The smallest absolute Gasteiger partial charge is 0.244 e. The highest BCUT2D eigenvalue weighted by Gasteiger charge is 2.11. The van der Waals surface area contributed by atoms with Crippen molar-refractivity contribution in [1.29, 1.82) is 0 Å². The molecule has 8 heteroatoms. The van der Waals surface area contributed by atoms with Gasteiger partial charge in [0.15, 0.2) is 0 Å². The van der Waals surface area contributed by atoms with Crippen molar-refractivity contribution >= 4 is 17.9 Å². The van der Waals surface area contributed by atoms with Gasteiger partial charge in [0, 0.05) is 37.1 Å². The molecule has 0 aliphatic heterocycles. The van der Waals surface area contributed by atoms with Gasteiger partial charge in [0.1, 0.15) is 5.82 Å². The van der Waals surface area contributed by atoms with Crippen LogP contribution in [-0.4, -0.2) is 48.4 Å². The molecule has 1 heterocycles. The molecule has 0 atom stereocenters. The van der Waals surface area contributed by atoms with Gasteiger partial charge < -0.3 is 15.4 Å². The third kappa shape index (κ3) is 6.35. The number of halogens is 1. The molecular formula is C23H23FN4O3. The van der Waals surface area contributed by atoms with Crippen molar-refractivity contribution in [3.63, 3.8) is 0 Å². The molecular weight excluding hydrogens is 399 g/mol. The number of para-hydroxylation sites is 1. The number of nitrogens with one attached hydrogen (secondary N) is 2. The summed E-state index contributed by atoms with van der Waals surface area (Å²) in [6, 6.07) is 15.5.